The molecule has 0 aliphatic carbocycles. The molecule has 0 radical (unpaired) electrons. The summed E-state index contributed by atoms with van der Waals surface area (Å²) in [5, 5.41) is 0. The Labute approximate surface area is 126 Å². The lowest BCUT2D eigenvalue weighted by Crippen LogP contribution is -2.10. The Morgan fingerprint density at radius 3 is 2.43 bits per heavy atom. The fourth-order valence-corrected chi connectivity index (χ4v) is 2.32. The summed E-state index contributed by atoms with van der Waals surface area (Å²) >= 11 is 0. The molecular weight excluding hydrogens is 330 g/mol. The Bertz CT molecular complexity index is 565. The minimum atomic E-state index is -4.35. The van der Waals surface area contributed by atoms with Gasteiger partial charge in [0.25, 0.3) is 9.05 Å². The molecule has 0 N–H and O–H groups in total. The highest BCUT2D eigenvalue weighted by Crippen LogP contribution is 2.27. The van der Waals surface area contributed by atoms with Gasteiger partial charge in [0.05, 0.1) is 6.61 Å². The van der Waals surface area contributed by atoms with Gasteiger partial charge in [-0.25, -0.2) is 12.8 Å². The van der Waals surface area contributed by atoms with E-state index < -0.39 is 31.3 Å². The van der Waals surface area contributed by atoms with Crippen LogP contribution >= 0.6 is 10.7 Å². The molecule has 1 aromatic rings. The van der Waals surface area contributed by atoms with Gasteiger partial charge in [-0.15, -0.1) is 0 Å². The molecule has 0 aliphatic heterocycles. The van der Waals surface area contributed by atoms with Gasteiger partial charge in [-0.05, 0) is 18.6 Å². The van der Waals surface area contributed by atoms with Crippen LogP contribution in [0.2, 0.25) is 0 Å². The maximum atomic E-state index is 13.6. The van der Waals surface area contributed by atoms with Crippen molar-refractivity contribution in [1.82, 2.24) is 0 Å². The molecule has 120 valence electrons. The number of rotatable bonds is 9. The first-order chi connectivity index (χ1) is 9.88. The third-order valence-electron chi connectivity index (χ3n) is 2.40. The van der Waals surface area contributed by atoms with E-state index >= 15 is 0 Å². The molecule has 5 nitrogen and oxygen atoms in total. The van der Waals surface area contributed by atoms with Gasteiger partial charge in [0.2, 0.25) is 5.82 Å². The van der Waals surface area contributed by atoms with Crippen LogP contribution in [0.15, 0.2) is 17.0 Å². The van der Waals surface area contributed by atoms with E-state index in [2.05, 4.69) is 0 Å². The molecule has 0 atom stereocenters. The summed E-state index contributed by atoms with van der Waals surface area (Å²) in [5.41, 5.74) is 0. The molecule has 9 heteroatoms. The molecule has 21 heavy (non-hydrogen) atoms. The van der Waals surface area contributed by atoms with Crippen molar-refractivity contribution in [3.8, 4) is 5.75 Å². The van der Waals surface area contributed by atoms with Crippen LogP contribution in [0.4, 0.5) is 8.78 Å². The van der Waals surface area contributed by atoms with Crippen molar-refractivity contribution in [3.05, 3.63) is 23.8 Å². The van der Waals surface area contributed by atoms with Gasteiger partial charge in [-0.1, -0.05) is 0 Å². The summed E-state index contributed by atoms with van der Waals surface area (Å²) in [6, 6.07) is 1.84. The quantitative estimate of drug-likeness (QED) is 0.508. The minimum absolute atomic E-state index is 0.00366. The predicted molar refractivity (Wildman–Crippen MR) is 72.2 cm³/mol. The Morgan fingerprint density at radius 1 is 1.10 bits per heavy atom. The predicted octanol–water partition coefficient (Wildman–Crippen LogP) is 2.32. The summed E-state index contributed by atoms with van der Waals surface area (Å²) in [7, 11) is 2.20. The fraction of sp³-hybridized carbons (Fsp3) is 0.500. The molecule has 0 heterocycles. The zero-order valence-corrected chi connectivity index (χ0v) is 12.8. The lowest BCUT2D eigenvalue weighted by molar-refractivity contribution is 0.0794. The van der Waals surface area contributed by atoms with Crippen LogP contribution in [0.3, 0.4) is 0 Å². The molecular formula is C12H15ClF2O5S. The highest BCUT2D eigenvalue weighted by molar-refractivity contribution is 8.13. The average Bonchev–Trinajstić information content (AvgIpc) is 2.41. The van der Waals surface area contributed by atoms with E-state index in [0.29, 0.717) is 19.6 Å². The zero-order valence-electron chi connectivity index (χ0n) is 11.3. The molecule has 0 bridgehead atoms. The highest BCUT2D eigenvalue weighted by Gasteiger charge is 2.22. The lowest BCUT2D eigenvalue weighted by atomic mass is 10.3. The number of methoxy groups -OCH3 is 1. The number of benzene rings is 1. The topological polar surface area (TPSA) is 61.8 Å². The van der Waals surface area contributed by atoms with Crippen LogP contribution in [0, 0.1) is 11.6 Å². The summed E-state index contributed by atoms with van der Waals surface area (Å²) in [4.78, 5) is -0.926. The third-order valence-corrected chi connectivity index (χ3v) is 3.74. The van der Waals surface area contributed by atoms with Gasteiger partial charge >= 0.3 is 0 Å². The van der Waals surface area contributed by atoms with Crippen molar-refractivity contribution in [2.75, 3.05) is 33.5 Å². The van der Waals surface area contributed by atoms with E-state index in [1.807, 2.05) is 0 Å². The van der Waals surface area contributed by atoms with Gasteiger partial charge in [0, 0.05) is 31.0 Å². The molecule has 0 aromatic heterocycles. The van der Waals surface area contributed by atoms with Crippen molar-refractivity contribution in [3.63, 3.8) is 0 Å². The zero-order chi connectivity index (χ0) is 15.9. The van der Waals surface area contributed by atoms with Gasteiger partial charge in [0.1, 0.15) is 11.5 Å². The lowest BCUT2D eigenvalue weighted by Gasteiger charge is -2.09. The molecule has 0 unspecified atom stereocenters. The maximum Gasteiger partial charge on any atom is 0.264 e. The van der Waals surface area contributed by atoms with E-state index in [1.54, 1.807) is 7.11 Å². The first kappa shape index (κ1) is 18.1. The molecule has 1 rings (SSSR count). The second-order valence-corrected chi connectivity index (χ2v) is 6.47. The Morgan fingerprint density at radius 2 is 1.81 bits per heavy atom. The smallest absolute Gasteiger partial charge is 0.264 e. The first-order valence-electron chi connectivity index (χ1n) is 6.00. The van der Waals surface area contributed by atoms with Gasteiger partial charge in [0.15, 0.2) is 11.6 Å². The van der Waals surface area contributed by atoms with E-state index in [1.165, 1.54) is 0 Å². The minimum Gasteiger partial charge on any atom is -0.488 e. The molecule has 0 aliphatic rings. The Kier molecular flexibility index (Phi) is 7.30. The van der Waals surface area contributed by atoms with Crippen LogP contribution in [0.1, 0.15) is 6.42 Å². The normalized spacial score (nSPS) is 11.6. The first-order valence-corrected chi connectivity index (χ1v) is 8.31. The average molecular weight is 345 g/mol. The van der Waals surface area contributed by atoms with Crippen LogP contribution in [-0.4, -0.2) is 42.0 Å². The third kappa shape index (κ3) is 5.74. The fourth-order valence-electron chi connectivity index (χ4n) is 1.43. The summed E-state index contributed by atoms with van der Waals surface area (Å²) in [6.45, 7) is 1.20. The van der Waals surface area contributed by atoms with Crippen molar-refractivity contribution < 1.29 is 31.4 Å². The number of hydrogen-bond donors (Lipinski definition) is 0. The standard InChI is InChI=1S/C12H15ClF2O5S/c1-18-5-2-6-19-7-8-20-9-3-4-10(21(13,16)17)12(15)11(9)14/h3-4H,2,5-8H2,1H3. The molecule has 0 fully saturated rings. The molecule has 0 amide bonds. The van der Waals surface area contributed by atoms with Gasteiger partial charge in [-0.2, -0.15) is 4.39 Å². The van der Waals surface area contributed by atoms with Crippen molar-refractivity contribution in [1.29, 1.82) is 0 Å². The number of halogens is 3. The van der Waals surface area contributed by atoms with E-state index in [-0.39, 0.29) is 13.2 Å². The highest BCUT2D eigenvalue weighted by atomic mass is 35.7. The van der Waals surface area contributed by atoms with E-state index in [4.69, 9.17) is 24.9 Å². The summed E-state index contributed by atoms with van der Waals surface area (Å²) in [5.74, 6) is -3.38. The molecule has 1 aromatic carbocycles. The summed E-state index contributed by atoms with van der Waals surface area (Å²) in [6.07, 6.45) is 0.710. The Balaban J connectivity index is 2.52. The van der Waals surface area contributed by atoms with Gasteiger partial charge < -0.3 is 14.2 Å². The largest absolute Gasteiger partial charge is 0.488 e. The number of hydrogen-bond acceptors (Lipinski definition) is 5. The summed E-state index contributed by atoms with van der Waals surface area (Å²) < 4.78 is 64.1. The van der Waals surface area contributed by atoms with Crippen molar-refractivity contribution in [2.24, 2.45) is 0 Å². The van der Waals surface area contributed by atoms with E-state index in [9.17, 15) is 17.2 Å². The van der Waals surface area contributed by atoms with E-state index in [0.717, 1.165) is 12.1 Å². The van der Waals surface area contributed by atoms with Crippen LogP contribution in [0.25, 0.3) is 0 Å². The molecule has 0 saturated heterocycles. The monoisotopic (exact) mass is 344 g/mol. The van der Waals surface area contributed by atoms with Crippen LogP contribution in [0.5, 0.6) is 5.75 Å². The van der Waals surface area contributed by atoms with Crippen molar-refractivity contribution in [2.45, 2.75) is 11.3 Å². The Hall–Kier alpha value is -0.960. The molecule has 0 spiro atoms. The SMILES string of the molecule is COCCCOCCOc1ccc(S(=O)(=O)Cl)c(F)c1F. The van der Waals surface area contributed by atoms with Crippen LogP contribution < -0.4 is 4.74 Å². The second-order valence-electron chi connectivity index (χ2n) is 3.93. The second kappa shape index (κ2) is 8.47. The molecule has 0 saturated carbocycles. The van der Waals surface area contributed by atoms with Gasteiger partial charge in [-0.3, -0.25) is 0 Å². The number of ether oxygens (including phenoxy) is 3. The van der Waals surface area contributed by atoms with Crippen LogP contribution in [-0.2, 0) is 18.5 Å². The van der Waals surface area contributed by atoms with Crippen molar-refractivity contribution >= 4 is 19.7 Å². The maximum absolute atomic E-state index is 13.6.